The first-order valence-corrected chi connectivity index (χ1v) is 6.21. The van der Waals surface area contributed by atoms with E-state index < -0.39 is 23.8 Å². The summed E-state index contributed by atoms with van der Waals surface area (Å²) in [7, 11) is 0. The van der Waals surface area contributed by atoms with Crippen molar-refractivity contribution in [2.75, 3.05) is 6.54 Å². The number of nitrogens with zero attached hydrogens (tertiary/aromatic N) is 1. The van der Waals surface area contributed by atoms with Gasteiger partial charge in [0.15, 0.2) is 0 Å². The minimum Gasteiger partial charge on any atom is -0.370 e. The third-order valence-electron chi connectivity index (χ3n) is 2.15. The highest BCUT2D eigenvalue weighted by molar-refractivity contribution is 5.82. The van der Waals surface area contributed by atoms with Crippen LogP contribution in [0.5, 0.6) is 0 Å². The number of carbonyl (C=O) groups is 4. The minimum absolute atomic E-state index is 0.149. The molecule has 0 saturated heterocycles. The lowest BCUT2D eigenvalue weighted by Gasteiger charge is -2.18. The van der Waals surface area contributed by atoms with Crippen LogP contribution in [-0.2, 0) is 29.0 Å². The fourth-order valence-electron chi connectivity index (χ4n) is 1.17. The summed E-state index contributed by atoms with van der Waals surface area (Å²) in [4.78, 5) is 52.4. The predicted molar refractivity (Wildman–Crippen MR) is 69.4 cm³/mol. The Morgan fingerprint density at radius 1 is 1.00 bits per heavy atom. The molecule has 1 atom stereocenters. The molecule has 1 unspecified atom stereocenters. The molecular weight excluding hydrogens is 284 g/mol. The van der Waals surface area contributed by atoms with Crippen LogP contribution in [0, 0.1) is 0 Å². The quantitative estimate of drug-likeness (QED) is 0.202. The smallest absolute Gasteiger partial charge is 0.356 e. The van der Waals surface area contributed by atoms with Crippen LogP contribution < -0.4 is 17.3 Å². The number of nitrogens with two attached hydrogens (primary N) is 3. The van der Waals surface area contributed by atoms with Gasteiger partial charge in [-0.25, -0.2) is 25.2 Å². The highest BCUT2D eigenvalue weighted by atomic mass is 17.2. The van der Waals surface area contributed by atoms with Gasteiger partial charge in [0.05, 0.1) is 19.4 Å². The summed E-state index contributed by atoms with van der Waals surface area (Å²) >= 11 is 0. The number of hydrogen-bond donors (Lipinski definition) is 3. The van der Waals surface area contributed by atoms with Crippen molar-refractivity contribution in [3.63, 3.8) is 0 Å². The summed E-state index contributed by atoms with van der Waals surface area (Å²) in [6.45, 7) is 1.82. The lowest BCUT2D eigenvalue weighted by molar-refractivity contribution is -0.259. The Hall–Kier alpha value is -2.20. The number of primary amides is 1. The van der Waals surface area contributed by atoms with Crippen LogP contribution in [0.4, 0.5) is 0 Å². The molecule has 120 valence electrons. The molecule has 6 N–H and O–H groups in total. The van der Waals surface area contributed by atoms with Crippen LogP contribution in [0.25, 0.3) is 0 Å². The first kappa shape index (κ1) is 18.8. The molecule has 10 heteroatoms. The fourth-order valence-corrected chi connectivity index (χ4v) is 1.17. The number of hydrazine groups is 1. The summed E-state index contributed by atoms with van der Waals surface area (Å²) < 4.78 is 0. The van der Waals surface area contributed by atoms with Crippen LogP contribution in [-0.4, -0.2) is 41.3 Å². The summed E-state index contributed by atoms with van der Waals surface area (Å²) in [5, 5.41) is 0.900. The maximum absolute atomic E-state index is 11.5. The number of carbonyl (C=O) groups excluding carboxylic acids is 4. The van der Waals surface area contributed by atoms with Gasteiger partial charge in [-0.1, -0.05) is 0 Å². The Kier molecular flexibility index (Phi) is 8.65. The zero-order chi connectivity index (χ0) is 16.4. The summed E-state index contributed by atoms with van der Waals surface area (Å²) in [5.41, 5.74) is 10.3. The molecule has 0 aromatic carbocycles. The second-order valence-corrected chi connectivity index (χ2v) is 4.40. The highest BCUT2D eigenvalue weighted by Crippen LogP contribution is 1.99. The summed E-state index contributed by atoms with van der Waals surface area (Å²) in [5.74, 6) is 2.42. The van der Waals surface area contributed by atoms with Crippen molar-refractivity contribution in [2.24, 2.45) is 17.3 Å². The van der Waals surface area contributed by atoms with E-state index in [9.17, 15) is 19.2 Å². The first-order chi connectivity index (χ1) is 9.72. The van der Waals surface area contributed by atoms with E-state index in [1.54, 1.807) is 6.92 Å². The number of hydrogen-bond acceptors (Lipinski definition) is 8. The van der Waals surface area contributed by atoms with E-state index in [2.05, 4.69) is 9.78 Å². The molecule has 21 heavy (non-hydrogen) atoms. The average Bonchev–Trinajstić information content (AvgIpc) is 2.39. The van der Waals surface area contributed by atoms with Crippen molar-refractivity contribution in [3.8, 4) is 0 Å². The molecule has 0 bridgehead atoms. The van der Waals surface area contributed by atoms with Gasteiger partial charge in [0.1, 0.15) is 0 Å². The molecule has 10 nitrogen and oxygen atoms in total. The molecule has 0 aliphatic carbocycles. The molecule has 0 fully saturated rings. The Labute approximate surface area is 121 Å². The molecular formula is C11H20N4O6. The van der Waals surface area contributed by atoms with E-state index >= 15 is 0 Å². The molecule has 0 aliphatic rings. The Morgan fingerprint density at radius 3 is 1.90 bits per heavy atom. The van der Waals surface area contributed by atoms with Crippen LogP contribution in [0.2, 0.25) is 0 Å². The normalized spacial score (nSPS) is 11.4. The lowest BCUT2D eigenvalue weighted by atomic mass is 10.3. The SMILES string of the molecule is CC(N)CN(N)C(=O)CCC(=O)OOC(=O)CCC(N)=O. The Balaban J connectivity index is 3.87. The van der Waals surface area contributed by atoms with Crippen LogP contribution in [0.1, 0.15) is 32.6 Å². The van der Waals surface area contributed by atoms with Crippen molar-refractivity contribution < 1.29 is 29.0 Å². The van der Waals surface area contributed by atoms with Gasteiger partial charge in [0.25, 0.3) is 0 Å². The van der Waals surface area contributed by atoms with E-state index in [1.807, 2.05) is 0 Å². The van der Waals surface area contributed by atoms with Gasteiger partial charge in [0.2, 0.25) is 11.8 Å². The molecule has 0 rings (SSSR count). The third-order valence-corrected chi connectivity index (χ3v) is 2.15. The van der Waals surface area contributed by atoms with E-state index in [4.69, 9.17) is 17.3 Å². The van der Waals surface area contributed by atoms with Crippen molar-refractivity contribution in [1.29, 1.82) is 0 Å². The predicted octanol–water partition coefficient (Wildman–Crippen LogP) is -1.92. The monoisotopic (exact) mass is 304 g/mol. The van der Waals surface area contributed by atoms with Gasteiger partial charge < -0.3 is 11.5 Å². The molecule has 0 aromatic heterocycles. The van der Waals surface area contributed by atoms with Crippen molar-refractivity contribution in [3.05, 3.63) is 0 Å². The van der Waals surface area contributed by atoms with Crippen molar-refractivity contribution in [1.82, 2.24) is 5.01 Å². The van der Waals surface area contributed by atoms with Gasteiger partial charge >= 0.3 is 11.9 Å². The van der Waals surface area contributed by atoms with E-state index in [1.165, 1.54) is 0 Å². The Bertz CT molecular complexity index is 398. The van der Waals surface area contributed by atoms with E-state index in [-0.39, 0.29) is 38.3 Å². The number of amides is 2. The highest BCUT2D eigenvalue weighted by Gasteiger charge is 2.16. The number of rotatable bonds is 8. The molecule has 0 aromatic rings. The fraction of sp³-hybridized carbons (Fsp3) is 0.636. The standard InChI is InChI=1S/C11H20N4O6/c1-7(12)6-15(14)9(17)3-5-11(19)21-20-10(18)4-2-8(13)16/h7H,2-6,12,14H2,1H3,(H2,13,16). The molecule has 0 aliphatic heterocycles. The van der Waals surface area contributed by atoms with Gasteiger partial charge in [-0.2, -0.15) is 0 Å². The maximum atomic E-state index is 11.5. The zero-order valence-electron chi connectivity index (χ0n) is 11.7. The minimum atomic E-state index is -0.912. The van der Waals surface area contributed by atoms with Gasteiger partial charge in [-0.3, -0.25) is 14.6 Å². The molecule has 0 saturated carbocycles. The van der Waals surface area contributed by atoms with E-state index in [0.29, 0.717) is 0 Å². The topological polar surface area (TPSA) is 168 Å². The zero-order valence-corrected chi connectivity index (χ0v) is 11.7. The summed E-state index contributed by atoms with van der Waals surface area (Å²) in [6, 6.07) is -0.294. The molecule has 0 spiro atoms. The molecule has 2 amide bonds. The maximum Gasteiger partial charge on any atom is 0.356 e. The first-order valence-electron chi connectivity index (χ1n) is 6.21. The van der Waals surface area contributed by atoms with Gasteiger partial charge in [-0.05, 0) is 6.92 Å². The van der Waals surface area contributed by atoms with E-state index in [0.717, 1.165) is 5.01 Å². The lowest BCUT2D eigenvalue weighted by Crippen LogP contribution is -2.44. The second kappa shape index (κ2) is 9.66. The van der Waals surface area contributed by atoms with Crippen LogP contribution in [0.15, 0.2) is 0 Å². The Morgan fingerprint density at radius 2 is 1.48 bits per heavy atom. The molecule has 0 radical (unpaired) electrons. The molecule has 0 heterocycles. The van der Waals surface area contributed by atoms with Crippen molar-refractivity contribution >= 4 is 23.8 Å². The van der Waals surface area contributed by atoms with Crippen LogP contribution >= 0.6 is 0 Å². The summed E-state index contributed by atoms with van der Waals surface area (Å²) in [6.07, 6.45) is -1.03. The largest absolute Gasteiger partial charge is 0.370 e. The van der Waals surface area contributed by atoms with Crippen LogP contribution in [0.3, 0.4) is 0 Å². The van der Waals surface area contributed by atoms with Crippen molar-refractivity contribution in [2.45, 2.75) is 38.6 Å². The third kappa shape index (κ3) is 10.3. The van der Waals surface area contributed by atoms with Gasteiger partial charge in [-0.15, -0.1) is 0 Å². The average molecular weight is 304 g/mol. The van der Waals surface area contributed by atoms with Gasteiger partial charge in [0, 0.05) is 18.9 Å². The second-order valence-electron chi connectivity index (χ2n) is 4.40.